The molecule has 0 saturated carbocycles. The molecule has 0 amide bonds. The molecule has 0 spiro atoms. The molecule has 2 rings (SSSR count). The van der Waals surface area contributed by atoms with Gasteiger partial charge in [-0.3, -0.25) is 4.90 Å². The Bertz CT molecular complexity index is 351. The van der Waals surface area contributed by atoms with Crippen molar-refractivity contribution in [2.45, 2.75) is 11.4 Å². The highest BCUT2D eigenvalue weighted by atomic mass is 35.5. The SMILES string of the molecule is CSc1ccc(CN2CCNCC2)cc1Cl. The Kier molecular flexibility index (Phi) is 4.53. The molecule has 1 saturated heterocycles. The molecular formula is C12H17ClN2S. The normalized spacial score (nSPS) is 17.6. The van der Waals surface area contributed by atoms with E-state index in [9.17, 15) is 0 Å². The van der Waals surface area contributed by atoms with Crippen LogP contribution in [0.3, 0.4) is 0 Å². The maximum atomic E-state index is 6.20. The molecule has 0 atom stereocenters. The van der Waals surface area contributed by atoms with Crippen LogP contribution in [0.25, 0.3) is 0 Å². The van der Waals surface area contributed by atoms with E-state index in [-0.39, 0.29) is 0 Å². The van der Waals surface area contributed by atoms with Crippen molar-refractivity contribution in [1.29, 1.82) is 0 Å². The average Bonchev–Trinajstić information content (AvgIpc) is 2.31. The van der Waals surface area contributed by atoms with E-state index in [1.807, 2.05) is 0 Å². The van der Waals surface area contributed by atoms with Crippen LogP contribution in [0, 0.1) is 0 Å². The van der Waals surface area contributed by atoms with Crippen molar-refractivity contribution in [2.24, 2.45) is 0 Å². The Labute approximate surface area is 106 Å². The van der Waals surface area contributed by atoms with Gasteiger partial charge in [-0.2, -0.15) is 0 Å². The minimum absolute atomic E-state index is 0.875. The molecule has 0 aliphatic carbocycles. The highest BCUT2D eigenvalue weighted by Crippen LogP contribution is 2.26. The second kappa shape index (κ2) is 5.92. The average molecular weight is 257 g/mol. The lowest BCUT2D eigenvalue weighted by Gasteiger charge is -2.27. The quantitative estimate of drug-likeness (QED) is 0.837. The minimum atomic E-state index is 0.875. The van der Waals surface area contributed by atoms with Crippen LogP contribution >= 0.6 is 23.4 Å². The molecule has 0 radical (unpaired) electrons. The number of piperazine rings is 1. The van der Waals surface area contributed by atoms with Crippen molar-refractivity contribution in [3.05, 3.63) is 28.8 Å². The molecule has 88 valence electrons. The summed E-state index contributed by atoms with van der Waals surface area (Å²) in [7, 11) is 0. The zero-order valence-electron chi connectivity index (χ0n) is 9.50. The van der Waals surface area contributed by atoms with Crippen LogP contribution in [0.5, 0.6) is 0 Å². The number of nitrogens with one attached hydrogen (secondary N) is 1. The highest BCUT2D eigenvalue weighted by Gasteiger charge is 2.10. The van der Waals surface area contributed by atoms with Crippen LogP contribution < -0.4 is 5.32 Å². The van der Waals surface area contributed by atoms with E-state index in [2.05, 4.69) is 34.7 Å². The molecule has 16 heavy (non-hydrogen) atoms. The second-order valence-corrected chi connectivity index (χ2v) is 5.25. The molecule has 0 bridgehead atoms. The lowest BCUT2D eigenvalue weighted by atomic mass is 10.2. The van der Waals surface area contributed by atoms with Crippen LogP contribution in [-0.2, 0) is 6.54 Å². The van der Waals surface area contributed by atoms with Crippen molar-refractivity contribution >= 4 is 23.4 Å². The van der Waals surface area contributed by atoms with Gasteiger partial charge in [0.1, 0.15) is 0 Å². The van der Waals surface area contributed by atoms with Gasteiger partial charge in [0.2, 0.25) is 0 Å². The van der Waals surface area contributed by atoms with Gasteiger partial charge in [-0.15, -0.1) is 11.8 Å². The van der Waals surface area contributed by atoms with E-state index in [0.717, 1.165) is 42.6 Å². The van der Waals surface area contributed by atoms with Crippen LogP contribution in [0.2, 0.25) is 5.02 Å². The van der Waals surface area contributed by atoms with E-state index in [1.165, 1.54) is 5.56 Å². The van der Waals surface area contributed by atoms with Crippen LogP contribution in [0.15, 0.2) is 23.1 Å². The molecule has 1 N–H and O–H groups in total. The van der Waals surface area contributed by atoms with Gasteiger partial charge in [0.05, 0.1) is 5.02 Å². The van der Waals surface area contributed by atoms with Crippen molar-refractivity contribution in [1.82, 2.24) is 10.2 Å². The fraction of sp³-hybridized carbons (Fsp3) is 0.500. The maximum Gasteiger partial charge on any atom is 0.0544 e. The fourth-order valence-electron chi connectivity index (χ4n) is 1.94. The molecule has 1 aromatic rings. The molecule has 0 aromatic heterocycles. The lowest BCUT2D eigenvalue weighted by molar-refractivity contribution is 0.233. The molecule has 4 heteroatoms. The van der Waals surface area contributed by atoms with E-state index >= 15 is 0 Å². The van der Waals surface area contributed by atoms with Gasteiger partial charge in [-0.1, -0.05) is 17.7 Å². The summed E-state index contributed by atoms with van der Waals surface area (Å²) in [4.78, 5) is 3.62. The number of hydrogen-bond donors (Lipinski definition) is 1. The summed E-state index contributed by atoms with van der Waals surface area (Å²) >= 11 is 7.89. The fourth-order valence-corrected chi connectivity index (χ4v) is 2.83. The topological polar surface area (TPSA) is 15.3 Å². The largest absolute Gasteiger partial charge is 0.314 e. The minimum Gasteiger partial charge on any atom is -0.314 e. The van der Waals surface area contributed by atoms with Gasteiger partial charge in [0, 0.05) is 37.6 Å². The summed E-state index contributed by atoms with van der Waals surface area (Å²) in [5.41, 5.74) is 1.31. The van der Waals surface area contributed by atoms with Gasteiger partial charge < -0.3 is 5.32 Å². The summed E-state index contributed by atoms with van der Waals surface area (Å²) in [6.07, 6.45) is 2.05. The van der Waals surface area contributed by atoms with Crippen molar-refractivity contribution < 1.29 is 0 Å². The Balaban J connectivity index is 2.01. The van der Waals surface area contributed by atoms with Gasteiger partial charge in [0.15, 0.2) is 0 Å². The molecule has 1 aliphatic heterocycles. The predicted molar refractivity (Wildman–Crippen MR) is 71.4 cm³/mol. The van der Waals surface area contributed by atoms with E-state index in [4.69, 9.17) is 11.6 Å². The zero-order valence-corrected chi connectivity index (χ0v) is 11.1. The summed E-state index contributed by atoms with van der Waals surface area (Å²) < 4.78 is 0. The number of hydrogen-bond acceptors (Lipinski definition) is 3. The first-order valence-corrected chi connectivity index (χ1v) is 7.15. The molecule has 2 nitrogen and oxygen atoms in total. The molecule has 0 unspecified atom stereocenters. The standard InChI is InChI=1S/C12H17ClN2S/c1-16-12-3-2-10(8-11(12)13)9-15-6-4-14-5-7-15/h2-3,8,14H,4-7,9H2,1H3. The first kappa shape index (κ1) is 12.2. The number of benzene rings is 1. The number of halogens is 1. The van der Waals surface area contributed by atoms with Crippen molar-refractivity contribution in [2.75, 3.05) is 32.4 Å². The summed E-state index contributed by atoms with van der Waals surface area (Å²) in [6, 6.07) is 6.39. The van der Waals surface area contributed by atoms with Gasteiger partial charge >= 0.3 is 0 Å². The number of rotatable bonds is 3. The van der Waals surface area contributed by atoms with Crippen LogP contribution in [-0.4, -0.2) is 37.3 Å². The van der Waals surface area contributed by atoms with Gasteiger partial charge in [-0.25, -0.2) is 0 Å². The Morgan fingerprint density at radius 3 is 2.75 bits per heavy atom. The van der Waals surface area contributed by atoms with Gasteiger partial charge in [0.25, 0.3) is 0 Å². The predicted octanol–water partition coefficient (Wildman–Crippen LogP) is 2.47. The lowest BCUT2D eigenvalue weighted by Crippen LogP contribution is -2.42. The Morgan fingerprint density at radius 2 is 2.12 bits per heavy atom. The number of nitrogens with zero attached hydrogens (tertiary/aromatic N) is 1. The third-order valence-corrected chi connectivity index (χ3v) is 4.05. The number of thioether (sulfide) groups is 1. The summed E-state index contributed by atoms with van der Waals surface area (Å²) in [5, 5.41) is 4.23. The zero-order chi connectivity index (χ0) is 11.4. The van der Waals surface area contributed by atoms with Crippen LogP contribution in [0.4, 0.5) is 0 Å². The Morgan fingerprint density at radius 1 is 1.38 bits per heavy atom. The smallest absolute Gasteiger partial charge is 0.0544 e. The first-order chi connectivity index (χ1) is 7.79. The van der Waals surface area contributed by atoms with Crippen molar-refractivity contribution in [3.8, 4) is 0 Å². The molecule has 1 heterocycles. The van der Waals surface area contributed by atoms with Crippen molar-refractivity contribution in [3.63, 3.8) is 0 Å². The van der Waals surface area contributed by atoms with Crippen LogP contribution in [0.1, 0.15) is 5.56 Å². The van der Waals surface area contributed by atoms with E-state index in [0.29, 0.717) is 0 Å². The molecule has 1 aromatic carbocycles. The van der Waals surface area contributed by atoms with E-state index in [1.54, 1.807) is 11.8 Å². The molecule has 1 fully saturated rings. The Hall–Kier alpha value is -0.220. The molecular weight excluding hydrogens is 240 g/mol. The van der Waals surface area contributed by atoms with E-state index < -0.39 is 0 Å². The maximum absolute atomic E-state index is 6.20. The molecule has 1 aliphatic rings. The first-order valence-electron chi connectivity index (χ1n) is 5.55. The van der Waals surface area contributed by atoms with Gasteiger partial charge in [-0.05, 0) is 24.0 Å². The second-order valence-electron chi connectivity index (χ2n) is 4.00. The summed E-state index contributed by atoms with van der Waals surface area (Å²) in [5.74, 6) is 0. The third kappa shape index (κ3) is 3.14. The highest BCUT2D eigenvalue weighted by molar-refractivity contribution is 7.98. The summed E-state index contributed by atoms with van der Waals surface area (Å²) in [6.45, 7) is 5.45. The monoisotopic (exact) mass is 256 g/mol. The third-order valence-electron chi connectivity index (χ3n) is 2.83.